The van der Waals surface area contributed by atoms with Gasteiger partial charge >= 0.3 is 0 Å². The Morgan fingerprint density at radius 2 is 2.31 bits per heavy atom. The smallest absolute Gasteiger partial charge is 0.269 e. The van der Waals surface area contributed by atoms with E-state index in [1.165, 1.54) is 11.6 Å². The number of nitrogens with zero attached hydrogens (tertiary/aromatic N) is 5. The van der Waals surface area contributed by atoms with Gasteiger partial charge in [0.1, 0.15) is 0 Å². The predicted molar refractivity (Wildman–Crippen MR) is 99.9 cm³/mol. The average Bonchev–Trinajstić information content (AvgIpc) is 3.25. The van der Waals surface area contributed by atoms with Gasteiger partial charge in [0.15, 0.2) is 5.96 Å². The summed E-state index contributed by atoms with van der Waals surface area (Å²) < 4.78 is 1.83. The van der Waals surface area contributed by atoms with Gasteiger partial charge < -0.3 is 10.2 Å². The van der Waals surface area contributed by atoms with Crippen LogP contribution in [0.4, 0.5) is 5.69 Å². The molecule has 1 N–H and O–H groups in total. The van der Waals surface area contributed by atoms with Gasteiger partial charge in [-0.05, 0) is 29.9 Å². The molecule has 0 saturated carbocycles. The number of guanidine groups is 1. The molecule has 2 heterocycles. The summed E-state index contributed by atoms with van der Waals surface area (Å²) in [5.74, 6) is 1.42. The van der Waals surface area contributed by atoms with Crippen molar-refractivity contribution in [3.05, 3.63) is 57.9 Å². The van der Waals surface area contributed by atoms with Crippen LogP contribution < -0.4 is 5.32 Å². The molecule has 1 aliphatic heterocycles. The number of nitro groups is 1. The summed E-state index contributed by atoms with van der Waals surface area (Å²) >= 11 is 0. The zero-order chi connectivity index (χ0) is 18.5. The summed E-state index contributed by atoms with van der Waals surface area (Å²) in [7, 11) is 3.70. The lowest BCUT2D eigenvalue weighted by Crippen LogP contribution is -2.39. The van der Waals surface area contributed by atoms with Crippen LogP contribution in [0, 0.1) is 16.0 Å². The molecule has 1 aromatic heterocycles. The van der Waals surface area contributed by atoms with Crippen LogP contribution in [-0.4, -0.2) is 45.7 Å². The maximum absolute atomic E-state index is 10.9. The highest BCUT2D eigenvalue weighted by molar-refractivity contribution is 5.80. The van der Waals surface area contributed by atoms with Gasteiger partial charge in [-0.1, -0.05) is 12.1 Å². The maximum Gasteiger partial charge on any atom is 0.269 e. The van der Waals surface area contributed by atoms with Gasteiger partial charge in [0, 0.05) is 52.1 Å². The van der Waals surface area contributed by atoms with Crippen LogP contribution in [0.15, 0.2) is 41.7 Å². The van der Waals surface area contributed by atoms with E-state index in [1.54, 1.807) is 19.2 Å². The predicted octanol–water partition coefficient (Wildman–Crippen LogP) is 1.97. The Morgan fingerprint density at radius 1 is 1.46 bits per heavy atom. The van der Waals surface area contributed by atoms with E-state index in [1.807, 2.05) is 24.0 Å². The third-order valence-corrected chi connectivity index (χ3v) is 4.65. The number of benzene rings is 1. The SMILES string of the molecule is CN=C(NCc1cccc([N+](=O)[O-])c1)N1CCC(Cc2cnn(C)c2)C1. The lowest BCUT2D eigenvalue weighted by molar-refractivity contribution is -0.384. The molecular weight excluding hydrogens is 332 g/mol. The summed E-state index contributed by atoms with van der Waals surface area (Å²) in [6, 6.07) is 6.68. The Labute approximate surface area is 152 Å². The molecule has 8 nitrogen and oxygen atoms in total. The van der Waals surface area contributed by atoms with Gasteiger partial charge in [0.25, 0.3) is 5.69 Å². The first kappa shape index (κ1) is 17.9. The van der Waals surface area contributed by atoms with Crippen LogP contribution >= 0.6 is 0 Å². The lowest BCUT2D eigenvalue weighted by Gasteiger charge is -2.21. The van der Waals surface area contributed by atoms with Gasteiger partial charge in [-0.25, -0.2) is 0 Å². The summed E-state index contributed by atoms with van der Waals surface area (Å²) in [5, 5.41) is 18.4. The van der Waals surface area contributed by atoms with E-state index in [9.17, 15) is 10.1 Å². The first-order chi connectivity index (χ1) is 12.5. The van der Waals surface area contributed by atoms with E-state index < -0.39 is 0 Å². The third-order valence-electron chi connectivity index (χ3n) is 4.65. The minimum absolute atomic E-state index is 0.108. The minimum Gasteiger partial charge on any atom is -0.352 e. The van der Waals surface area contributed by atoms with E-state index in [0.29, 0.717) is 12.5 Å². The first-order valence-electron chi connectivity index (χ1n) is 8.71. The molecule has 0 radical (unpaired) electrons. The molecule has 2 aromatic rings. The Hall–Kier alpha value is -2.90. The third kappa shape index (κ3) is 4.38. The molecule has 138 valence electrons. The minimum atomic E-state index is -0.373. The van der Waals surface area contributed by atoms with E-state index in [-0.39, 0.29) is 10.6 Å². The molecule has 0 amide bonds. The number of nitro benzene ring substituents is 1. The van der Waals surface area contributed by atoms with E-state index >= 15 is 0 Å². The Bertz CT molecular complexity index is 800. The molecule has 1 unspecified atom stereocenters. The molecule has 0 bridgehead atoms. The first-order valence-corrected chi connectivity index (χ1v) is 8.71. The van der Waals surface area contributed by atoms with Crippen molar-refractivity contribution >= 4 is 11.6 Å². The van der Waals surface area contributed by atoms with E-state index in [0.717, 1.165) is 37.5 Å². The fraction of sp³-hybridized carbons (Fsp3) is 0.444. The number of aromatic nitrogens is 2. The Balaban J connectivity index is 1.54. The highest BCUT2D eigenvalue weighted by Crippen LogP contribution is 2.21. The maximum atomic E-state index is 10.9. The van der Waals surface area contributed by atoms with Crippen molar-refractivity contribution in [3.63, 3.8) is 0 Å². The fourth-order valence-corrected chi connectivity index (χ4v) is 3.40. The monoisotopic (exact) mass is 356 g/mol. The molecule has 3 rings (SSSR count). The molecule has 0 aliphatic carbocycles. The number of hydrogen-bond acceptors (Lipinski definition) is 4. The van der Waals surface area contributed by atoms with Crippen LogP contribution in [0.2, 0.25) is 0 Å². The summed E-state index contributed by atoms with van der Waals surface area (Å²) in [6.45, 7) is 2.42. The summed E-state index contributed by atoms with van der Waals surface area (Å²) in [5.41, 5.74) is 2.24. The van der Waals surface area contributed by atoms with Crippen LogP contribution in [-0.2, 0) is 20.0 Å². The number of aliphatic imine (C=N–C) groups is 1. The highest BCUT2D eigenvalue weighted by atomic mass is 16.6. The zero-order valence-corrected chi connectivity index (χ0v) is 15.1. The Kier molecular flexibility index (Phi) is 5.50. The average molecular weight is 356 g/mol. The van der Waals surface area contributed by atoms with E-state index in [4.69, 9.17) is 0 Å². The zero-order valence-electron chi connectivity index (χ0n) is 15.1. The summed E-state index contributed by atoms with van der Waals surface area (Å²) in [4.78, 5) is 17.1. The van der Waals surface area contributed by atoms with Gasteiger partial charge in [-0.3, -0.25) is 19.8 Å². The van der Waals surface area contributed by atoms with Crippen molar-refractivity contribution in [2.75, 3.05) is 20.1 Å². The van der Waals surface area contributed by atoms with Gasteiger partial charge in [0.05, 0.1) is 11.1 Å². The van der Waals surface area contributed by atoms with Crippen molar-refractivity contribution in [2.24, 2.45) is 18.0 Å². The number of aryl methyl sites for hydroxylation is 1. The Morgan fingerprint density at radius 3 is 3.00 bits per heavy atom. The van der Waals surface area contributed by atoms with Crippen LogP contribution in [0.25, 0.3) is 0 Å². The topological polar surface area (TPSA) is 88.6 Å². The van der Waals surface area contributed by atoms with Crippen molar-refractivity contribution in [2.45, 2.75) is 19.4 Å². The largest absolute Gasteiger partial charge is 0.352 e. The number of non-ortho nitro benzene ring substituents is 1. The van der Waals surface area contributed by atoms with Crippen molar-refractivity contribution in [1.82, 2.24) is 20.0 Å². The molecule has 8 heteroatoms. The van der Waals surface area contributed by atoms with Crippen molar-refractivity contribution in [3.8, 4) is 0 Å². The van der Waals surface area contributed by atoms with Gasteiger partial charge in [0.2, 0.25) is 0 Å². The molecule has 1 aliphatic rings. The number of likely N-dealkylation sites (tertiary alicyclic amines) is 1. The van der Waals surface area contributed by atoms with Crippen molar-refractivity contribution in [1.29, 1.82) is 0 Å². The fourth-order valence-electron chi connectivity index (χ4n) is 3.40. The summed E-state index contributed by atoms with van der Waals surface area (Å²) in [6.07, 6.45) is 6.13. The quantitative estimate of drug-likeness (QED) is 0.383. The normalized spacial score (nSPS) is 17.5. The second kappa shape index (κ2) is 7.99. The van der Waals surface area contributed by atoms with Crippen LogP contribution in [0.3, 0.4) is 0 Å². The lowest BCUT2D eigenvalue weighted by atomic mass is 10.0. The number of rotatable bonds is 5. The number of nitrogens with one attached hydrogen (secondary N) is 1. The van der Waals surface area contributed by atoms with Gasteiger partial charge in [-0.15, -0.1) is 0 Å². The second-order valence-electron chi connectivity index (χ2n) is 6.65. The molecule has 1 atom stereocenters. The molecule has 1 aromatic carbocycles. The molecular formula is C18H24N6O2. The van der Waals surface area contributed by atoms with E-state index in [2.05, 4.69) is 26.5 Å². The standard InChI is InChI=1S/C18H24N6O2/c1-19-18(20-10-14-4-3-5-17(9-14)24(25)26)23-7-6-15(13-23)8-16-11-21-22(2)12-16/h3-5,9,11-12,15H,6-8,10,13H2,1-2H3,(H,19,20). The van der Waals surface area contributed by atoms with Crippen molar-refractivity contribution < 1.29 is 4.92 Å². The van der Waals surface area contributed by atoms with Crippen LogP contribution in [0.5, 0.6) is 0 Å². The molecule has 1 saturated heterocycles. The number of hydrogen-bond donors (Lipinski definition) is 1. The second-order valence-corrected chi connectivity index (χ2v) is 6.65. The molecule has 26 heavy (non-hydrogen) atoms. The van der Waals surface area contributed by atoms with Gasteiger partial charge in [-0.2, -0.15) is 5.10 Å². The molecule has 0 spiro atoms. The van der Waals surface area contributed by atoms with Crippen LogP contribution in [0.1, 0.15) is 17.5 Å². The molecule has 1 fully saturated rings. The highest BCUT2D eigenvalue weighted by Gasteiger charge is 2.25.